The molecule has 0 bridgehead atoms. The summed E-state index contributed by atoms with van der Waals surface area (Å²) in [4.78, 5) is 30.8. The average molecular weight is 499 g/mol. The largest absolute Gasteiger partial charge is 0.441 e. The van der Waals surface area contributed by atoms with E-state index in [9.17, 15) is 9.59 Å². The highest BCUT2D eigenvalue weighted by Crippen LogP contribution is 2.33. The summed E-state index contributed by atoms with van der Waals surface area (Å²) in [5, 5.41) is 8.19. The lowest BCUT2D eigenvalue weighted by Gasteiger charge is -2.29. The number of benzene rings is 2. The summed E-state index contributed by atoms with van der Waals surface area (Å²) in [6.07, 6.45) is 3.30. The Morgan fingerprint density at radius 3 is 2.68 bits per heavy atom. The van der Waals surface area contributed by atoms with E-state index >= 15 is 0 Å². The molecule has 34 heavy (non-hydrogen) atoms. The number of hydrogen-bond donors (Lipinski definition) is 2. The maximum atomic E-state index is 13.2. The lowest BCUT2D eigenvalue weighted by molar-refractivity contribution is -0.135. The number of aromatic nitrogens is 1. The number of halogens is 2. The molecule has 0 radical (unpaired) electrons. The molecule has 1 atom stereocenters. The number of nitrogens with zero attached hydrogens (tertiary/aromatic N) is 2. The van der Waals surface area contributed by atoms with Crippen LogP contribution in [0.2, 0.25) is 10.0 Å². The smallest absolute Gasteiger partial charge is 0.412 e. The van der Waals surface area contributed by atoms with Crippen molar-refractivity contribution in [1.82, 2.24) is 15.2 Å². The highest BCUT2D eigenvalue weighted by Gasteiger charge is 2.56. The van der Waals surface area contributed by atoms with E-state index in [4.69, 9.17) is 32.7 Å². The van der Waals surface area contributed by atoms with Crippen LogP contribution in [0.25, 0.3) is 17.0 Å². The van der Waals surface area contributed by atoms with Gasteiger partial charge in [0.05, 0.1) is 5.52 Å². The lowest BCUT2D eigenvalue weighted by Crippen LogP contribution is -2.56. The van der Waals surface area contributed by atoms with Gasteiger partial charge in [0.25, 0.3) is 5.91 Å². The van der Waals surface area contributed by atoms with Crippen molar-refractivity contribution in [2.75, 3.05) is 25.0 Å². The third-order valence-corrected chi connectivity index (χ3v) is 6.10. The summed E-state index contributed by atoms with van der Waals surface area (Å²) < 4.78 is 11.0. The topological polar surface area (TPSA) is 92.8 Å². The Balaban J connectivity index is 1.29. The summed E-state index contributed by atoms with van der Waals surface area (Å²) in [6, 6.07) is 14.4. The van der Waals surface area contributed by atoms with Gasteiger partial charge in [0.2, 0.25) is 0 Å². The second-order valence-corrected chi connectivity index (χ2v) is 8.78. The second kappa shape index (κ2) is 9.04. The molecule has 2 fully saturated rings. The molecule has 10 heteroatoms. The first-order chi connectivity index (χ1) is 16.4. The van der Waals surface area contributed by atoms with E-state index in [2.05, 4.69) is 15.6 Å². The molecule has 2 aliphatic rings. The highest BCUT2D eigenvalue weighted by molar-refractivity contribution is 6.31. The molecule has 1 unspecified atom stereocenters. The fourth-order valence-electron chi connectivity index (χ4n) is 3.99. The Labute approximate surface area is 205 Å². The van der Waals surface area contributed by atoms with Crippen LogP contribution in [-0.4, -0.2) is 47.4 Å². The molecule has 2 aliphatic heterocycles. The van der Waals surface area contributed by atoms with E-state index in [-0.39, 0.29) is 18.3 Å². The number of ether oxygens (including phenoxy) is 2. The summed E-state index contributed by atoms with van der Waals surface area (Å²) in [5.74, 6) is -1.56. The van der Waals surface area contributed by atoms with E-state index in [1.165, 1.54) is 4.90 Å². The molecule has 3 aromatic rings. The molecule has 3 heterocycles. The third kappa shape index (κ3) is 4.34. The Morgan fingerprint density at radius 1 is 1.12 bits per heavy atom. The molecule has 174 valence electrons. The first-order valence-electron chi connectivity index (χ1n) is 10.6. The number of carbonyl (C=O) groups is 2. The molecule has 1 spiro atoms. The minimum absolute atomic E-state index is 0.0985. The second-order valence-electron chi connectivity index (χ2n) is 7.90. The van der Waals surface area contributed by atoms with Gasteiger partial charge in [0, 0.05) is 40.4 Å². The van der Waals surface area contributed by atoms with Crippen molar-refractivity contribution in [1.29, 1.82) is 0 Å². The number of nitrogens with one attached hydrogen (secondary N) is 2. The van der Waals surface area contributed by atoms with E-state index in [0.29, 0.717) is 29.6 Å². The lowest BCUT2D eigenvalue weighted by atomic mass is 10.2. The average Bonchev–Trinajstić information content (AvgIpc) is 3.31. The van der Waals surface area contributed by atoms with Crippen molar-refractivity contribution in [3.8, 4) is 0 Å². The number of fused-ring (bicyclic) bond motifs is 1. The zero-order valence-corrected chi connectivity index (χ0v) is 19.4. The van der Waals surface area contributed by atoms with Crippen LogP contribution in [0.5, 0.6) is 0 Å². The number of anilines is 1. The predicted molar refractivity (Wildman–Crippen MR) is 129 cm³/mol. The number of pyridine rings is 1. The van der Waals surface area contributed by atoms with E-state index in [1.54, 1.807) is 36.5 Å². The Kier molecular flexibility index (Phi) is 5.93. The molecular weight excluding hydrogens is 479 g/mol. The summed E-state index contributed by atoms with van der Waals surface area (Å²) in [5.41, 5.74) is 2.46. The van der Waals surface area contributed by atoms with Gasteiger partial charge in [-0.25, -0.2) is 4.79 Å². The zero-order chi connectivity index (χ0) is 23.7. The fraction of sp³-hybridized carbons (Fsp3) is 0.208. The van der Waals surface area contributed by atoms with Gasteiger partial charge < -0.3 is 14.8 Å². The van der Waals surface area contributed by atoms with Gasteiger partial charge in [-0.2, -0.15) is 0 Å². The number of rotatable bonds is 6. The molecule has 2 amide bonds. The molecule has 2 N–H and O–H groups in total. The maximum Gasteiger partial charge on any atom is 0.412 e. The number of amides is 2. The first-order valence-corrected chi connectivity index (χ1v) is 11.4. The third-order valence-electron chi connectivity index (χ3n) is 5.61. The Bertz CT molecular complexity index is 1300. The van der Waals surface area contributed by atoms with Gasteiger partial charge in [-0.15, -0.1) is 0 Å². The number of hydrogen-bond acceptors (Lipinski definition) is 6. The van der Waals surface area contributed by atoms with Gasteiger partial charge >= 0.3 is 11.9 Å². The van der Waals surface area contributed by atoms with Crippen molar-refractivity contribution in [3.05, 3.63) is 76.1 Å². The molecular formula is C24H20Cl2N4O4. The van der Waals surface area contributed by atoms with E-state index in [1.807, 2.05) is 24.3 Å². The molecule has 8 nitrogen and oxygen atoms in total. The van der Waals surface area contributed by atoms with E-state index in [0.717, 1.165) is 22.2 Å². The molecule has 2 saturated heterocycles. The SMILES string of the molecule is O=C1NC2(CO1)O/C(=C/c1ccc(Cl)cc1)C(=O)N2CCCNc1ccnc2cc(Cl)ccc12. The van der Waals surface area contributed by atoms with Crippen LogP contribution in [0.15, 0.2) is 60.5 Å². The minimum atomic E-state index is -1.35. The molecule has 0 aliphatic carbocycles. The van der Waals surface area contributed by atoms with Crippen LogP contribution in [0, 0.1) is 0 Å². The molecule has 1 aromatic heterocycles. The van der Waals surface area contributed by atoms with Gasteiger partial charge in [-0.1, -0.05) is 35.3 Å². The highest BCUT2D eigenvalue weighted by atomic mass is 35.5. The monoisotopic (exact) mass is 498 g/mol. The van der Waals surface area contributed by atoms with Crippen molar-refractivity contribution in [2.24, 2.45) is 0 Å². The van der Waals surface area contributed by atoms with Crippen LogP contribution < -0.4 is 10.6 Å². The van der Waals surface area contributed by atoms with Crippen LogP contribution >= 0.6 is 23.2 Å². The summed E-state index contributed by atoms with van der Waals surface area (Å²) >= 11 is 12.0. The molecule has 2 aromatic carbocycles. The maximum absolute atomic E-state index is 13.2. The number of cyclic esters (lactones) is 1. The first kappa shape index (κ1) is 22.3. The van der Waals surface area contributed by atoms with Crippen molar-refractivity contribution < 1.29 is 19.1 Å². The summed E-state index contributed by atoms with van der Waals surface area (Å²) in [7, 11) is 0. The van der Waals surface area contributed by atoms with Crippen LogP contribution in [0.3, 0.4) is 0 Å². The summed E-state index contributed by atoms with van der Waals surface area (Å²) in [6.45, 7) is 0.813. The van der Waals surface area contributed by atoms with Crippen LogP contribution in [0.4, 0.5) is 10.5 Å². The van der Waals surface area contributed by atoms with Crippen LogP contribution in [-0.2, 0) is 14.3 Å². The van der Waals surface area contributed by atoms with Gasteiger partial charge in [-0.05, 0) is 54.5 Å². The Morgan fingerprint density at radius 2 is 1.91 bits per heavy atom. The van der Waals surface area contributed by atoms with Crippen LogP contribution in [0.1, 0.15) is 12.0 Å². The predicted octanol–water partition coefficient (Wildman–Crippen LogP) is 4.64. The van der Waals surface area contributed by atoms with Gasteiger partial charge in [0.15, 0.2) is 12.4 Å². The van der Waals surface area contributed by atoms with Gasteiger partial charge in [0.1, 0.15) is 0 Å². The number of alkyl carbamates (subject to hydrolysis) is 1. The standard InChI is InChI=1S/C24H20Cl2N4O4/c25-16-4-2-15(3-5-16)12-21-22(31)30(24(34-21)14-33-23(32)29-24)11-1-9-27-19-8-10-28-20-13-17(26)6-7-18(19)20/h2-8,10,12-13H,1,9,11,14H2,(H,27,28)(H,29,32)/b21-12+. The van der Waals surface area contributed by atoms with Crippen molar-refractivity contribution in [3.63, 3.8) is 0 Å². The molecule has 5 rings (SSSR count). The minimum Gasteiger partial charge on any atom is -0.441 e. The fourth-order valence-corrected chi connectivity index (χ4v) is 4.28. The van der Waals surface area contributed by atoms with Crippen molar-refractivity contribution in [2.45, 2.75) is 12.3 Å². The van der Waals surface area contributed by atoms with Gasteiger partial charge in [-0.3, -0.25) is 20.0 Å². The molecule has 0 saturated carbocycles. The Hall–Kier alpha value is -3.49. The quantitative estimate of drug-likeness (QED) is 0.380. The normalized spacial score (nSPS) is 20.6. The van der Waals surface area contributed by atoms with E-state index < -0.39 is 11.9 Å². The van der Waals surface area contributed by atoms with Crippen molar-refractivity contribution >= 4 is 57.9 Å². The zero-order valence-electron chi connectivity index (χ0n) is 17.9. The number of carbonyl (C=O) groups excluding carboxylic acids is 2.